The molecule has 1 atom stereocenters. The molecule has 0 radical (unpaired) electrons. The molecule has 0 fully saturated rings. The predicted molar refractivity (Wildman–Crippen MR) is 96.3 cm³/mol. The molecule has 1 amide bonds. The zero-order valence-electron chi connectivity index (χ0n) is 13.4. The molecule has 6 nitrogen and oxygen atoms in total. The van der Waals surface area contributed by atoms with E-state index in [1.165, 1.54) is 4.80 Å². The van der Waals surface area contributed by atoms with Crippen LogP contribution in [0.15, 0.2) is 48.5 Å². The number of benzene rings is 2. The van der Waals surface area contributed by atoms with Crippen molar-refractivity contribution in [2.45, 2.75) is 19.5 Å². The second-order valence-electron chi connectivity index (χ2n) is 5.47. The molecule has 128 valence electrons. The number of rotatable bonds is 5. The summed E-state index contributed by atoms with van der Waals surface area (Å²) in [5.74, 6) is 0.150. The van der Waals surface area contributed by atoms with E-state index in [2.05, 4.69) is 20.7 Å². The minimum absolute atomic E-state index is 0.0393. The summed E-state index contributed by atoms with van der Waals surface area (Å²) < 4.78 is 0. The first-order valence-electron chi connectivity index (χ1n) is 7.60. The predicted octanol–water partition coefficient (Wildman–Crippen LogP) is 3.52. The topological polar surface area (TPSA) is 72.7 Å². The van der Waals surface area contributed by atoms with Crippen molar-refractivity contribution in [1.29, 1.82) is 0 Å². The van der Waals surface area contributed by atoms with Crippen LogP contribution in [0.1, 0.15) is 18.5 Å². The highest BCUT2D eigenvalue weighted by atomic mass is 35.5. The number of carbonyl (C=O) groups is 1. The van der Waals surface area contributed by atoms with Crippen molar-refractivity contribution in [1.82, 2.24) is 25.5 Å². The molecule has 8 heteroatoms. The van der Waals surface area contributed by atoms with E-state index in [9.17, 15) is 4.79 Å². The molecule has 0 aliphatic heterocycles. The SMILES string of the molecule is C[C@@H](NC(=O)Cn1nnc(-c2ccccc2Cl)n1)c1cccc(Cl)c1. The number of aromatic nitrogens is 4. The van der Waals surface area contributed by atoms with Gasteiger partial charge in [0.1, 0.15) is 6.54 Å². The van der Waals surface area contributed by atoms with Crippen molar-refractivity contribution in [3.63, 3.8) is 0 Å². The standard InChI is InChI=1S/C17H15Cl2N5O/c1-11(12-5-4-6-13(18)9-12)20-16(25)10-24-22-17(21-23-24)14-7-2-3-8-15(14)19/h2-9,11H,10H2,1H3,(H,20,25)/t11-/m1/s1. The maximum absolute atomic E-state index is 12.2. The fourth-order valence-corrected chi connectivity index (χ4v) is 2.75. The fourth-order valence-electron chi connectivity index (χ4n) is 2.34. The molecule has 1 N–H and O–H groups in total. The number of halogens is 2. The fraction of sp³-hybridized carbons (Fsp3) is 0.176. The van der Waals surface area contributed by atoms with Gasteiger partial charge in [-0.2, -0.15) is 4.80 Å². The van der Waals surface area contributed by atoms with Crippen LogP contribution >= 0.6 is 23.2 Å². The van der Waals surface area contributed by atoms with Gasteiger partial charge in [0.2, 0.25) is 11.7 Å². The van der Waals surface area contributed by atoms with Crippen molar-refractivity contribution >= 4 is 29.1 Å². The molecule has 0 aliphatic rings. The average molecular weight is 376 g/mol. The lowest BCUT2D eigenvalue weighted by atomic mass is 10.1. The summed E-state index contributed by atoms with van der Waals surface area (Å²) in [6, 6.07) is 14.4. The lowest BCUT2D eigenvalue weighted by molar-refractivity contribution is -0.122. The maximum Gasteiger partial charge on any atom is 0.244 e. The van der Waals surface area contributed by atoms with Crippen molar-refractivity contribution < 1.29 is 4.79 Å². The molecule has 0 spiro atoms. The molecule has 25 heavy (non-hydrogen) atoms. The molecule has 1 aromatic heterocycles. The van der Waals surface area contributed by atoms with E-state index in [0.29, 0.717) is 21.4 Å². The zero-order valence-corrected chi connectivity index (χ0v) is 14.9. The third-order valence-corrected chi connectivity index (χ3v) is 4.14. The van der Waals surface area contributed by atoms with E-state index in [-0.39, 0.29) is 18.5 Å². The third-order valence-electron chi connectivity index (χ3n) is 3.58. The van der Waals surface area contributed by atoms with E-state index in [4.69, 9.17) is 23.2 Å². The second-order valence-corrected chi connectivity index (χ2v) is 6.31. The Bertz CT molecular complexity index is 896. The smallest absolute Gasteiger partial charge is 0.244 e. The highest BCUT2D eigenvalue weighted by Gasteiger charge is 2.14. The number of nitrogens with zero attached hydrogens (tertiary/aromatic N) is 4. The number of tetrazole rings is 1. The van der Waals surface area contributed by atoms with Crippen LogP contribution in [-0.2, 0) is 11.3 Å². The Morgan fingerprint density at radius 2 is 2.00 bits per heavy atom. The Balaban J connectivity index is 1.65. The Kier molecular flexibility index (Phi) is 5.31. The first-order valence-corrected chi connectivity index (χ1v) is 8.36. The highest BCUT2D eigenvalue weighted by molar-refractivity contribution is 6.33. The van der Waals surface area contributed by atoms with Gasteiger partial charge in [-0.15, -0.1) is 10.2 Å². The van der Waals surface area contributed by atoms with E-state index in [1.54, 1.807) is 18.2 Å². The minimum atomic E-state index is -0.226. The number of amides is 1. The Morgan fingerprint density at radius 1 is 1.20 bits per heavy atom. The highest BCUT2D eigenvalue weighted by Crippen LogP contribution is 2.23. The van der Waals surface area contributed by atoms with Crippen LogP contribution in [0.5, 0.6) is 0 Å². The normalized spacial score (nSPS) is 12.0. The van der Waals surface area contributed by atoms with E-state index in [0.717, 1.165) is 5.56 Å². The molecule has 0 bridgehead atoms. The number of hydrogen-bond donors (Lipinski definition) is 1. The van der Waals surface area contributed by atoms with E-state index < -0.39 is 0 Å². The van der Waals surface area contributed by atoms with Crippen LogP contribution in [0.4, 0.5) is 0 Å². The molecule has 1 heterocycles. The summed E-state index contributed by atoms with van der Waals surface area (Å²) in [5.41, 5.74) is 1.59. The number of hydrogen-bond acceptors (Lipinski definition) is 4. The molecule has 2 aromatic carbocycles. The summed E-state index contributed by atoms with van der Waals surface area (Å²) >= 11 is 12.1. The summed E-state index contributed by atoms with van der Waals surface area (Å²) in [6.07, 6.45) is 0. The van der Waals surface area contributed by atoms with Crippen LogP contribution in [-0.4, -0.2) is 26.1 Å². The molecule has 0 unspecified atom stereocenters. The number of nitrogens with one attached hydrogen (secondary N) is 1. The largest absolute Gasteiger partial charge is 0.348 e. The molecule has 0 saturated carbocycles. The summed E-state index contributed by atoms with van der Waals surface area (Å²) in [5, 5.41) is 16.1. The van der Waals surface area contributed by atoms with Gasteiger partial charge in [-0.25, -0.2) is 0 Å². The maximum atomic E-state index is 12.2. The Morgan fingerprint density at radius 3 is 2.76 bits per heavy atom. The lowest BCUT2D eigenvalue weighted by Gasteiger charge is -2.14. The quantitative estimate of drug-likeness (QED) is 0.740. The molecule has 0 saturated heterocycles. The zero-order chi connectivity index (χ0) is 17.8. The van der Waals surface area contributed by atoms with Crippen LogP contribution < -0.4 is 5.32 Å². The van der Waals surface area contributed by atoms with Gasteiger partial charge < -0.3 is 5.32 Å². The number of carbonyl (C=O) groups excluding carboxylic acids is 1. The van der Waals surface area contributed by atoms with Gasteiger partial charge in [-0.1, -0.05) is 47.5 Å². The average Bonchev–Trinajstić information content (AvgIpc) is 3.03. The van der Waals surface area contributed by atoms with E-state index in [1.807, 2.05) is 37.3 Å². The van der Waals surface area contributed by atoms with Gasteiger partial charge in [-0.3, -0.25) is 4.79 Å². The van der Waals surface area contributed by atoms with Crippen LogP contribution in [0.2, 0.25) is 10.0 Å². The molecule has 3 aromatic rings. The first-order chi connectivity index (χ1) is 12.0. The lowest BCUT2D eigenvalue weighted by Crippen LogP contribution is -2.30. The van der Waals surface area contributed by atoms with Gasteiger partial charge in [0.15, 0.2) is 0 Å². The second kappa shape index (κ2) is 7.63. The molecule has 0 aliphatic carbocycles. The minimum Gasteiger partial charge on any atom is -0.348 e. The van der Waals surface area contributed by atoms with Gasteiger partial charge in [-0.05, 0) is 42.0 Å². The monoisotopic (exact) mass is 375 g/mol. The Hall–Kier alpha value is -2.44. The summed E-state index contributed by atoms with van der Waals surface area (Å²) in [6.45, 7) is 1.84. The van der Waals surface area contributed by atoms with Crippen molar-refractivity contribution in [3.8, 4) is 11.4 Å². The third kappa shape index (κ3) is 4.35. The van der Waals surface area contributed by atoms with Gasteiger partial charge in [0.25, 0.3) is 0 Å². The van der Waals surface area contributed by atoms with Crippen molar-refractivity contribution in [2.75, 3.05) is 0 Å². The van der Waals surface area contributed by atoms with Gasteiger partial charge >= 0.3 is 0 Å². The first kappa shape index (κ1) is 17.4. The molecular formula is C17H15Cl2N5O. The van der Waals surface area contributed by atoms with Gasteiger partial charge in [0, 0.05) is 10.6 Å². The molecular weight excluding hydrogens is 361 g/mol. The van der Waals surface area contributed by atoms with Crippen LogP contribution in [0.25, 0.3) is 11.4 Å². The van der Waals surface area contributed by atoms with Crippen LogP contribution in [0, 0.1) is 0 Å². The Labute approximate surface area is 154 Å². The molecule has 3 rings (SSSR count). The summed E-state index contributed by atoms with van der Waals surface area (Å²) in [7, 11) is 0. The van der Waals surface area contributed by atoms with Gasteiger partial charge in [0.05, 0.1) is 11.1 Å². The van der Waals surface area contributed by atoms with Crippen LogP contribution in [0.3, 0.4) is 0 Å². The van der Waals surface area contributed by atoms with E-state index >= 15 is 0 Å². The van der Waals surface area contributed by atoms with Crippen molar-refractivity contribution in [2.24, 2.45) is 0 Å². The summed E-state index contributed by atoms with van der Waals surface area (Å²) in [4.78, 5) is 13.4. The van der Waals surface area contributed by atoms with Crippen molar-refractivity contribution in [3.05, 3.63) is 64.1 Å².